The van der Waals surface area contributed by atoms with Crippen LogP contribution in [-0.2, 0) is 9.53 Å². The Morgan fingerprint density at radius 2 is 1.00 bits per heavy atom. The fraction of sp³-hybridized carbons (Fsp3) is 0.958. The molecule has 0 spiro atoms. The maximum absolute atomic E-state index is 11.4. The number of hydrogen-bond acceptors (Lipinski definition) is 3. The molecule has 0 aliphatic rings. The number of aliphatic hydroxyl groups excluding tert-OH is 1. The van der Waals surface area contributed by atoms with E-state index in [-0.39, 0.29) is 12.6 Å². The molecule has 162 valence electrons. The molecule has 0 aliphatic carbocycles. The number of rotatable bonds is 21. The van der Waals surface area contributed by atoms with Crippen molar-refractivity contribution in [2.24, 2.45) is 0 Å². The van der Waals surface area contributed by atoms with Crippen LogP contribution in [-0.4, -0.2) is 23.8 Å². The summed E-state index contributed by atoms with van der Waals surface area (Å²) >= 11 is 0. The summed E-state index contributed by atoms with van der Waals surface area (Å²) in [5.74, 6) is -0.174. The van der Waals surface area contributed by atoms with Gasteiger partial charge in [0, 0.05) is 6.42 Å². The number of carbonyl (C=O) groups excluding carboxylic acids is 1. The van der Waals surface area contributed by atoms with E-state index in [1.165, 1.54) is 103 Å². The predicted octanol–water partition coefficient (Wildman–Crippen LogP) is 7.34. The van der Waals surface area contributed by atoms with Gasteiger partial charge in [0.2, 0.25) is 0 Å². The zero-order valence-electron chi connectivity index (χ0n) is 18.5. The van der Waals surface area contributed by atoms with E-state index in [0.29, 0.717) is 6.42 Å². The number of ether oxygens (including phenoxy) is 1. The van der Waals surface area contributed by atoms with Crippen LogP contribution in [0.1, 0.15) is 136 Å². The maximum atomic E-state index is 11.4. The lowest BCUT2D eigenvalue weighted by Gasteiger charge is -2.06. The van der Waals surface area contributed by atoms with Crippen LogP contribution in [0.2, 0.25) is 0 Å². The third-order valence-corrected chi connectivity index (χ3v) is 5.22. The smallest absolute Gasteiger partial charge is 0.305 e. The van der Waals surface area contributed by atoms with E-state index < -0.39 is 6.10 Å². The molecule has 1 N–H and O–H groups in total. The largest absolute Gasteiger partial charge is 0.463 e. The normalized spacial score (nSPS) is 12.3. The summed E-state index contributed by atoms with van der Waals surface area (Å²) in [6.07, 6.45) is 24.3. The van der Waals surface area contributed by atoms with E-state index in [1.54, 1.807) is 6.92 Å². The topological polar surface area (TPSA) is 46.5 Å². The summed E-state index contributed by atoms with van der Waals surface area (Å²) in [6, 6.07) is 0. The molecule has 1 unspecified atom stereocenters. The van der Waals surface area contributed by atoms with Crippen molar-refractivity contribution in [3.8, 4) is 0 Å². The summed E-state index contributed by atoms with van der Waals surface area (Å²) in [5, 5.41) is 9.05. The molecule has 0 heterocycles. The summed E-state index contributed by atoms with van der Waals surface area (Å²) in [7, 11) is 0. The maximum Gasteiger partial charge on any atom is 0.305 e. The first-order chi connectivity index (χ1) is 13.2. The van der Waals surface area contributed by atoms with Crippen LogP contribution in [0.25, 0.3) is 0 Å². The third-order valence-electron chi connectivity index (χ3n) is 5.22. The van der Waals surface area contributed by atoms with Gasteiger partial charge in [-0.1, -0.05) is 116 Å². The Kier molecular flexibility index (Phi) is 21.3. The van der Waals surface area contributed by atoms with Crippen LogP contribution in [0.15, 0.2) is 0 Å². The SMILES string of the molecule is CCCCCCCCCCCCCCCCCCCCC(=O)OCC(C)O. The number of esters is 1. The Morgan fingerprint density at radius 1 is 0.667 bits per heavy atom. The first kappa shape index (κ1) is 26.4. The summed E-state index contributed by atoms with van der Waals surface area (Å²) in [6.45, 7) is 4.03. The van der Waals surface area contributed by atoms with Gasteiger partial charge >= 0.3 is 5.97 Å². The lowest BCUT2D eigenvalue weighted by atomic mass is 10.0. The van der Waals surface area contributed by atoms with Gasteiger partial charge in [0.1, 0.15) is 6.61 Å². The van der Waals surface area contributed by atoms with Crippen molar-refractivity contribution in [1.29, 1.82) is 0 Å². The zero-order chi connectivity index (χ0) is 20.0. The molecule has 0 fully saturated rings. The number of unbranched alkanes of at least 4 members (excludes halogenated alkanes) is 17. The Morgan fingerprint density at radius 3 is 1.33 bits per heavy atom. The van der Waals surface area contributed by atoms with Crippen LogP contribution in [0.5, 0.6) is 0 Å². The fourth-order valence-electron chi connectivity index (χ4n) is 3.46. The highest BCUT2D eigenvalue weighted by atomic mass is 16.5. The van der Waals surface area contributed by atoms with Crippen molar-refractivity contribution in [2.75, 3.05) is 6.61 Å². The lowest BCUT2D eigenvalue weighted by molar-refractivity contribution is -0.146. The van der Waals surface area contributed by atoms with Crippen LogP contribution >= 0.6 is 0 Å². The van der Waals surface area contributed by atoms with Gasteiger partial charge in [-0.05, 0) is 13.3 Å². The standard InChI is InChI=1S/C24H48O3/c1-3-4-5-6-7-8-9-10-11-12-13-14-15-16-17-18-19-20-21-24(26)27-22-23(2)25/h23,25H,3-22H2,1-2H3. The van der Waals surface area contributed by atoms with Crippen LogP contribution in [0, 0.1) is 0 Å². The summed E-state index contributed by atoms with van der Waals surface area (Å²) in [4.78, 5) is 11.4. The molecular formula is C24H48O3. The Hall–Kier alpha value is -0.570. The fourth-order valence-corrected chi connectivity index (χ4v) is 3.46. The average molecular weight is 385 g/mol. The van der Waals surface area contributed by atoms with Crippen LogP contribution in [0.4, 0.5) is 0 Å². The van der Waals surface area contributed by atoms with E-state index in [4.69, 9.17) is 9.84 Å². The van der Waals surface area contributed by atoms with Crippen molar-refractivity contribution < 1.29 is 14.6 Å². The van der Waals surface area contributed by atoms with E-state index in [2.05, 4.69) is 6.92 Å². The first-order valence-corrected chi connectivity index (χ1v) is 12.0. The molecule has 0 aromatic rings. The minimum absolute atomic E-state index is 0.123. The zero-order valence-corrected chi connectivity index (χ0v) is 18.5. The molecule has 0 rings (SSSR count). The van der Waals surface area contributed by atoms with Gasteiger partial charge < -0.3 is 9.84 Å². The molecular weight excluding hydrogens is 336 g/mol. The van der Waals surface area contributed by atoms with Gasteiger partial charge in [0.15, 0.2) is 0 Å². The number of carbonyl (C=O) groups is 1. The molecule has 0 saturated heterocycles. The second-order valence-electron chi connectivity index (χ2n) is 8.29. The Labute approximate surface area is 169 Å². The quantitative estimate of drug-likeness (QED) is 0.166. The first-order valence-electron chi connectivity index (χ1n) is 12.0. The van der Waals surface area contributed by atoms with Crippen LogP contribution < -0.4 is 0 Å². The van der Waals surface area contributed by atoms with E-state index in [9.17, 15) is 4.79 Å². The summed E-state index contributed by atoms with van der Waals surface area (Å²) in [5.41, 5.74) is 0. The minimum Gasteiger partial charge on any atom is -0.463 e. The highest BCUT2D eigenvalue weighted by Gasteiger charge is 2.04. The molecule has 0 aliphatic heterocycles. The van der Waals surface area contributed by atoms with E-state index in [0.717, 1.165) is 12.8 Å². The molecule has 1 atom stereocenters. The molecule has 0 bridgehead atoms. The average Bonchev–Trinajstić information content (AvgIpc) is 2.65. The molecule has 0 amide bonds. The van der Waals surface area contributed by atoms with Gasteiger partial charge in [-0.25, -0.2) is 0 Å². The highest BCUT2D eigenvalue weighted by Crippen LogP contribution is 2.14. The van der Waals surface area contributed by atoms with Crippen molar-refractivity contribution in [3.05, 3.63) is 0 Å². The molecule has 0 aromatic carbocycles. The lowest BCUT2D eigenvalue weighted by Crippen LogP contribution is -2.14. The second kappa shape index (κ2) is 21.7. The molecule has 3 heteroatoms. The van der Waals surface area contributed by atoms with E-state index in [1.807, 2.05) is 0 Å². The van der Waals surface area contributed by atoms with Crippen molar-refractivity contribution in [2.45, 2.75) is 142 Å². The monoisotopic (exact) mass is 384 g/mol. The van der Waals surface area contributed by atoms with Gasteiger partial charge in [0.05, 0.1) is 6.10 Å². The molecule has 0 saturated carbocycles. The summed E-state index contributed by atoms with van der Waals surface area (Å²) < 4.78 is 4.95. The molecule has 3 nitrogen and oxygen atoms in total. The van der Waals surface area contributed by atoms with Crippen LogP contribution in [0.3, 0.4) is 0 Å². The number of hydrogen-bond donors (Lipinski definition) is 1. The van der Waals surface area contributed by atoms with Gasteiger partial charge in [-0.15, -0.1) is 0 Å². The van der Waals surface area contributed by atoms with Crippen molar-refractivity contribution in [1.82, 2.24) is 0 Å². The second-order valence-corrected chi connectivity index (χ2v) is 8.29. The molecule has 0 aromatic heterocycles. The molecule has 27 heavy (non-hydrogen) atoms. The predicted molar refractivity (Wildman–Crippen MR) is 116 cm³/mol. The van der Waals surface area contributed by atoms with Crippen molar-refractivity contribution >= 4 is 5.97 Å². The molecule has 0 radical (unpaired) electrons. The van der Waals surface area contributed by atoms with E-state index >= 15 is 0 Å². The van der Waals surface area contributed by atoms with Gasteiger partial charge in [-0.3, -0.25) is 4.79 Å². The highest BCUT2D eigenvalue weighted by molar-refractivity contribution is 5.69. The minimum atomic E-state index is -0.561. The van der Waals surface area contributed by atoms with Crippen molar-refractivity contribution in [3.63, 3.8) is 0 Å². The van der Waals surface area contributed by atoms with Gasteiger partial charge in [0.25, 0.3) is 0 Å². The Balaban J connectivity index is 3.08. The Bertz CT molecular complexity index is 302. The third kappa shape index (κ3) is 23.4. The van der Waals surface area contributed by atoms with Gasteiger partial charge in [-0.2, -0.15) is 0 Å². The number of aliphatic hydroxyl groups is 1.